The lowest BCUT2D eigenvalue weighted by atomic mass is 10.00. The summed E-state index contributed by atoms with van der Waals surface area (Å²) in [4.78, 5) is 22.1. The van der Waals surface area contributed by atoms with E-state index in [-0.39, 0.29) is 11.8 Å². The molecule has 0 bridgehead atoms. The Bertz CT molecular complexity index is 1060. The fraction of sp³-hybridized carbons (Fsp3) is 0.182. The second kappa shape index (κ2) is 6.65. The van der Waals surface area contributed by atoms with Gasteiger partial charge < -0.3 is 19.7 Å². The maximum Gasteiger partial charge on any atom is 0.280 e. The largest absolute Gasteiger partial charge is 0.494 e. The van der Waals surface area contributed by atoms with E-state index in [0.717, 1.165) is 43.1 Å². The molecule has 2 N–H and O–H groups in total. The number of aliphatic imine (C=N–C) groups is 1. The molecule has 6 nitrogen and oxygen atoms in total. The lowest BCUT2D eigenvalue weighted by molar-refractivity contribution is 0.101. The predicted molar refractivity (Wildman–Crippen MR) is 107 cm³/mol. The van der Waals surface area contributed by atoms with Crippen LogP contribution in [0.25, 0.3) is 11.3 Å². The average Bonchev–Trinajstić information content (AvgIpc) is 3.28. The van der Waals surface area contributed by atoms with Gasteiger partial charge in [0.05, 0.1) is 35.7 Å². The first kappa shape index (κ1) is 16.8. The van der Waals surface area contributed by atoms with E-state index in [9.17, 15) is 9.90 Å². The lowest BCUT2D eigenvalue weighted by Gasteiger charge is -2.28. The predicted octanol–water partition coefficient (Wildman–Crippen LogP) is 3.22. The Hall–Kier alpha value is -3.38. The molecule has 0 spiro atoms. The van der Waals surface area contributed by atoms with Crippen molar-refractivity contribution in [3.05, 3.63) is 71.3 Å². The van der Waals surface area contributed by atoms with Crippen molar-refractivity contribution in [1.82, 2.24) is 4.98 Å². The Kier molecular flexibility index (Phi) is 3.98. The molecular formula is C22H19N3O3. The van der Waals surface area contributed by atoms with Crippen LogP contribution in [0.4, 0.5) is 5.69 Å². The third kappa shape index (κ3) is 2.70. The molecule has 2 aliphatic heterocycles. The molecule has 5 rings (SSSR count). The molecule has 0 aliphatic carbocycles. The van der Waals surface area contributed by atoms with Crippen LogP contribution >= 0.6 is 0 Å². The van der Waals surface area contributed by atoms with Gasteiger partial charge in [-0.1, -0.05) is 42.5 Å². The van der Waals surface area contributed by atoms with Gasteiger partial charge in [0.25, 0.3) is 5.91 Å². The summed E-state index contributed by atoms with van der Waals surface area (Å²) >= 11 is 0. The summed E-state index contributed by atoms with van der Waals surface area (Å²) in [6.07, 6.45) is 0. The second-order valence-corrected chi connectivity index (χ2v) is 6.88. The molecule has 1 saturated heterocycles. The van der Waals surface area contributed by atoms with Gasteiger partial charge in [-0.25, -0.2) is 4.99 Å². The quantitative estimate of drug-likeness (QED) is 0.739. The molecule has 2 aliphatic rings. The van der Waals surface area contributed by atoms with Gasteiger partial charge in [0.2, 0.25) is 0 Å². The summed E-state index contributed by atoms with van der Waals surface area (Å²) < 4.78 is 5.40. The van der Waals surface area contributed by atoms with E-state index in [0.29, 0.717) is 22.5 Å². The second-order valence-electron chi connectivity index (χ2n) is 6.88. The molecule has 1 amide bonds. The highest BCUT2D eigenvalue weighted by atomic mass is 16.5. The fourth-order valence-corrected chi connectivity index (χ4v) is 3.83. The van der Waals surface area contributed by atoms with Gasteiger partial charge in [0, 0.05) is 24.3 Å². The number of aromatic amines is 1. The van der Waals surface area contributed by atoms with Gasteiger partial charge in [-0.3, -0.25) is 4.79 Å². The number of hydrogen-bond donors (Lipinski definition) is 2. The number of carbonyl (C=O) groups is 1. The molecule has 3 heterocycles. The molecular weight excluding hydrogens is 354 g/mol. The first-order valence-electron chi connectivity index (χ1n) is 9.29. The maximum atomic E-state index is 12.6. The van der Waals surface area contributed by atoms with Crippen LogP contribution in [-0.2, 0) is 4.74 Å². The SMILES string of the molecule is O=C1N=C(c2ccc(N3CCOCC3)cc2)c2c(O)[nH]c(-c3ccccc3)c21. The Morgan fingerprint density at radius 2 is 1.64 bits per heavy atom. The van der Waals surface area contributed by atoms with Crippen LogP contribution in [0.3, 0.4) is 0 Å². The van der Waals surface area contributed by atoms with E-state index in [1.54, 1.807) is 0 Å². The molecule has 1 aromatic heterocycles. The minimum Gasteiger partial charge on any atom is -0.494 e. The number of rotatable bonds is 3. The normalized spacial score (nSPS) is 16.2. The number of aromatic nitrogens is 1. The van der Waals surface area contributed by atoms with E-state index in [1.807, 2.05) is 54.6 Å². The van der Waals surface area contributed by atoms with Crippen LogP contribution in [0.5, 0.6) is 5.88 Å². The van der Waals surface area contributed by atoms with Crippen molar-refractivity contribution in [2.75, 3.05) is 31.2 Å². The van der Waals surface area contributed by atoms with Crippen LogP contribution in [0, 0.1) is 0 Å². The Balaban J connectivity index is 1.51. The molecule has 2 aromatic carbocycles. The number of nitrogens with one attached hydrogen (secondary N) is 1. The summed E-state index contributed by atoms with van der Waals surface area (Å²) in [5.74, 6) is -0.367. The van der Waals surface area contributed by atoms with Crippen LogP contribution in [0.1, 0.15) is 21.5 Å². The number of amides is 1. The van der Waals surface area contributed by atoms with E-state index in [4.69, 9.17) is 4.74 Å². The average molecular weight is 373 g/mol. The zero-order chi connectivity index (χ0) is 19.1. The highest BCUT2D eigenvalue weighted by Gasteiger charge is 2.33. The summed E-state index contributed by atoms with van der Waals surface area (Å²) in [7, 11) is 0. The molecule has 0 radical (unpaired) electrons. The number of morpholine rings is 1. The summed E-state index contributed by atoms with van der Waals surface area (Å²) in [6.45, 7) is 3.18. The van der Waals surface area contributed by atoms with E-state index >= 15 is 0 Å². The minimum absolute atomic E-state index is 0.0318. The number of H-pyrrole nitrogens is 1. The first-order valence-corrected chi connectivity index (χ1v) is 9.29. The van der Waals surface area contributed by atoms with Crippen LogP contribution in [0.2, 0.25) is 0 Å². The Morgan fingerprint density at radius 3 is 2.36 bits per heavy atom. The Morgan fingerprint density at radius 1 is 0.929 bits per heavy atom. The molecule has 28 heavy (non-hydrogen) atoms. The smallest absolute Gasteiger partial charge is 0.280 e. The van der Waals surface area contributed by atoms with Crippen molar-refractivity contribution in [2.45, 2.75) is 0 Å². The van der Waals surface area contributed by atoms with E-state index in [2.05, 4.69) is 14.9 Å². The number of hydrogen-bond acceptors (Lipinski definition) is 4. The first-order chi connectivity index (χ1) is 13.7. The number of aromatic hydroxyl groups is 1. The fourth-order valence-electron chi connectivity index (χ4n) is 3.83. The van der Waals surface area contributed by atoms with Gasteiger partial charge in [-0.2, -0.15) is 0 Å². The molecule has 3 aromatic rings. The third-order valence-corrected chi connectivity index (χ3v) is 5.22. The highest BCUT2D eigenvalue weighted by Crippen LogP contribution is 2.38. The van der Waals surface area contributed by atoms with Gasteiger partial charge >= 0.3 is 0 Å². The van der Waals surface area contributed by atoms with Gasteiger partial charge in [-0.15, -0.1) is 0 Å². The molecule has 6 heteroatoms. The standard InChI is InChI=1S/C22H19N3O3/c26-21-17-18(22(27)23-19(17)14-4-2-1-3-5-14)20(24-21)15-6-8-16(9-7-15)25-10-12-28-13-11-25/h1-9,23,27H,10-13H2. The molecule has 140 valence electrons. The zero-order valence-electron chi connectivity index (χ0n) is 15.2. The highest BCUT2D eigenvalue weighted by molar-refractivity contribution is 6.30. The number of benzene rings is 2. The van der Waals surface area contributed by atoms with Crippen molar-refractivity contribution in [1.29, 1.82) is 0 Å². The number of ether oxygens (including phenoxy) is 1. The van der Waals surface area contributed by atoms with Gasteiger partial charge in [0.15, 0.2) is 5.88 Å². The molecule has 1 fully saturated rings. The monoisotopic (exact) mass is 373 g/mol. The summed E-state index contributed by atoms with van der Waals surface area (Å²) in [6, 6.07) is 17.4. The van der Waals surface area contributed by atoms with Crippen molar-refractivity contribution in [3.63, 3.8) is 0 Å². The van der Waals surface area contributed by atoms with Crippen LogP contribution in [0.15, 0.2) is 59.6 Å². The van der Waals surface area contributed by atoms with Gasteiger partial charge in [0.1, 0.15) is 0 Å². The maximum absolute atomic E-state index is 12.6. The summed E-state index contributed by atoms with van der Waals surface area (Å²) in [5, 5.41) is 10.5. The Labute approximate surface area is 162 Å². The third-order valence-electron chi connectivity index (χ3n) is 5.22. The summed E-state index contributed by atoms with van der Waals surface area (Å²) in [5.41, 5.74) is 4.76. The van der Waals surface area contributed by atoms with Crippen molar-refractivity contribution in [3.8, 4) is 17.1 Å². The number of anilines is 1. The number of fused-ring (bicyclic) bond motifs is 1. The van der Waals surface area contributed by atoms with Crippen molar-refractivity contribution >= 4 is 17.3 Å². The minimum atomic E-state index is -0.336. The lowest BCUT2D eigenvalue weighted by Crippen LogP contribution is -2.36. The molecule has 0 saturated carbocycles. The van der Waals surface area contributed by atoms with Crippen molar-refractivity contribution in [2.24, 2.45) is 4.99 Å². The van der Waals surface area contributed by atoms with Crippen LogP contribution in [-0.4, -0.2) is 48.0 Å². The zero-order valence-corrected chi connectivity index (χ0v) is 15.2. The topological polar surface area (TPSA) is 77.9 Å². The number of carbonyl (C=O) groups excluding carboxylic acids is 1. The van der Waals surface area contributed by atoms with Gasteiger partial charge in [-0.05, 0) is 17.7 Å². The van der Waals surface area contributed by atoms with E-state index < -0.39 is 0 Å². The van der Waals surface area contributed by atoms with E-state index in [1.165, 1.54) is 0 Å². The van der Waals surface area contributed by atoms with Crippen LogP contribution < -0.4 is 4.90 Å². The molecule has 0 atom stereocenters. The molecule has 0 unspecified atom stereocenters. The number of nitrogens with zero attached hydrogens (tertiary/aromatic N) is 2. The van der Waals surface area contributed by atoms with Crippen molar-refractivity contribution < 1.29 is 14.6 Å².